The zero-order valence-electron chi connectivity index (χ0n) is 11.5. The number of anilines is 2. The Morgan fingerprint density at radius 1 is 1.22 bits per heavy atom. The van der Waals surface area contributed by atoms with E-state index < -0.39 is 0 Å². The van der Waals surface area contributed by atoms with Gasteiger partial charge in [0, 0.05) is 13.1 Å². The first-order valence-electron chi connectivity index (χ1n) is 6.71. The van der Waals surface area contributed by atoms with E-state index in [0.29, 0.717) is 16.9 Å². The fourth-order valence-electron chi connectivity index (χ4n) is 1.63. The highest BCUT2D eigenvalue weighted by atomic mass is 35.5. The molecule has 1 rings (SSSR count). The number of rotatable bonds is 8. The van der Waals surface area contributed by atoms with Crippen molar-refractivity contribution in [3.63, 3.8) is 0 Å². The highest BCUT2D eigenvalue weighted by Gasteiger charge is 2.08. The Bertz CT molecular complexity index is 353. The quantitative estimate of drug-likeness (QED) is 0.754. The zero-order chi connectivity index (χ0) is 13.4. The minimum Gasteiger partial charge on any atom is -0.368 e. The Morgan fingerprint density at radius 3 is 2.56 bits per heavy atom. The highest BCUT2D eigenvalue weighted by Crippen LogP contribution is 2.20. The molecule has 0 fully saturated rings. The Labute approximate surface area is 115 Å². The third-order valence-corrected chi connectivity index (χ3v) is 3.27. The highest BCUT2D eigenvalue weighted by molar-refractivity contribution is 6.32. The molecule has 0 amide bonds. The monoisotopic (exact) mass is 270 g/mol. The molecule has 0 saturated heterocycles. The minimum atomic E-state index is 0.572. The summed E-state index contributed by atoms with van der Waals surface area (Å²) in [6, 6.07) is 0. The van der Waals surface area contributed by atoms with E-state index in [1.165, 1.54) is 0 Å². The summed E-state index contributed by atoms with van der Waals surface area (Å²) < 4.78 is 0. The lowest BCUT2D eigenvalue weighted by molar-refractivity contribution is 0.518. The van der Waals surface area contributed by atoms with E-state index in [-0.39, 0.29) is 0 Å². The molecule has 0 aromatic carbocycles. The van der Waals surface area contributed by atoms with Crippen molar-refractivity contribution >= 4 is 23.4 Å². The van der Waals surface area contributed by atoms with Gasteiger partial charge >= 0.3 is 0 Å². The fourth-order valence-corrected chi connectivity index (χ4v) is 1.79. The van der Waals surface area contributed by atoms with Gasteiger partial charge in [0.15, 0.2) is 0 Å². The molecule has 0 atom stereocenters. The molecule has 1 aromatic rings. The van der Waals surface area contributed by atoms with Crippen molar-refractivity contribution < 1.29 is 0 Å². The molecule has 0 aliphatic heterocycles. The molecule has 1 heterocycles. The van der Waals surface area contributed by atoms with Crippen LogP contribution in [-0.4, -0.2) is 23.1 Å². The molecule has 2 N–H and O–H groups in total. The summed E-state index contributed by atoms with van der Waals surface area (Å²) in [6.45, 7) is 8.27. The molecule has 0 unspecified atom stereocenters. The summed E-state index contributed by atoms with van der Waals surface area (Å²) in [5.74, 6) is 2.01. The summed E-state index contributed by atoms with van der Waals surface area (Å²) in [5.41, 5.74) is 0. The average Bonchev–Trinajstić information content (AvgIpc) is 2.40. The van der Waals surface area contributed by atoms with E-state index >= 15 is 0 Å². The van der Waals surface area contributed by atoms with Gasteiger partial charge in [-0.15, -0.1) is 0 Å². The zero-order valence-corrected chi connectivity index (χ0v) is 12.2. The number of aromatic nitrogens is 2. The Balaban J connectivity index is 2.62. The Morgan fingerprint density at radius 2 is 1.94 bits per heavy atom. The lowest BCUT2D eigenvalue weighted by Gasteiger charge is -2.15. The normalized spacial score (nSPS) is 10.7. The van der Waals surface area contributed by atoms with E-state index in [4.69, 9.17) is 11.6 Å². The number of nitrogens with one attached hydrogen (secondary N) is 2. The lowest BCUT2D eigenvalue weighted by atomic mass is 10.0. The maximum absolute atomic E-state index is 6.08. The predicted molar refractivity (Wildman–Crippen MR) is 78.4 cm³/mol. The van der Waals surface area contributed by atoms with Gasteiger partial charge < -0.3 is 10.6 Å². The van der Waals surface area contributed by atoms with Crippen LogP contribution >= 0.6 is 11.6 Å². The lowest BCUT2D eigenvalue weighted by Crippen LogP contribution is -2.15. The smallest absolute Gasteiger partial charge is 0.224 e. The van der Waals surface area contributed by atoms with Crippen molar-refractivity contribution in [1.82, 2.24) is 9.97 Å². The van der Waals surface area contributed by atoms with Crippen molar-refractivity contribution in [2.24, 2.45) is 5.92 Å². The van der Waals surface area contributed by atoms with Gasteiger partial charge in [0.05, 0.1) is 6.20 Å². The summed E-state index contributed by atoms with van der Waals surface area (Å²) in [7, 11) is 0. The number of halogens is 1. The molecule has 0 aliphatic rings. The molecule has 4 nitrogen and oxygen atoms in total. The first kappa shape index (κ1) is 15.0. The maximum atomic E-state index is 6.08. The fraction of sp³-hybridized carbons (Fsp3) is 0.692. The van der Waals surface area contributed by atoms with Gasteiger partial charge in [0.1, 0.15) is 10.8 Å². The van der Waals surface area contributed by atoms with Crippen LogP contribution in [0.15, 0.2) is 6.20 Å². The van der Waals surface area contributed by atoms with Gasteiger partial charge in [0.2, 0.25) is 5.95 Å². The van der Waals surface area contributed by atoms with Crippen LogP contribution in [-0.2, 0) is 0 Å². The van der Waals surface area contributed by atoms with Crippen LogP contribution < -0.4 is 10.6 Å². The summed E-state index contributed by atoms with van der Waals surface area (Å²) >= 11 is 6.08. The minimum absolute atomic E-state index is 0.572. The molecule has 5 heteroatoms. The second-order valence-electron chi connectivity index (χ2n) is 4.38. The van der Waals surface area contributed by atoms with Crippen molar-refractivity contribution in [3.05, 3.63) is 11.2 Å². The summed E-state index contributed by atoms with van der Waals surface area (Å²) in [4.78, 5) is 8.53. The standard InChI is InChI=1S/C13H23ClN4/c1-4-7-15-13-17-9-11(14)12(18-13)16-8-10(5-2)6-3/h9-10H,4-8H2,1-3H3,(H2,15,16,17,18). The average molecular weight is 271 g/mol. The Kier molecular flexibility index (Phi) is 6.80. The van der Waals surface area contributed by atoms with E-state index in [0.717, 1.165) is 38.2 Å². The van der Waals surface area contributed by atoms with Crippen LogP contribution in [0.1, 0.15) is 40.0 Å². The molecule has 0 aliphatic carbocycles. The number of nitrogens with zero attached hydrogens (tertiary/aromatic N) is 2. The first-order chi connectivity index (χ1) is 8.71. The topological polar surface area (TPSA) is 49.8 Å². The van der Waals surface area contributed by atoms with Crippen molar-refractivity contribution in [2.45, 2.75) is 40.0 Å². The van der Waals surface area contributed by atoms with Gasteiger partial charge in [-0.1, -0.05) is 45.2 Å². The van der Waals surface area contributed by atoms with Gasteiger partial charge in [-0.05, 0) is 12.3 Å². The van der Waals surface area contributed by atoms with E-state index in [1.807, 2.05) is 0 Å². The first-order valence-corrected chi connectivity index (χ1v) is 7.09. The maximum Gasteiger partial charge on any atom is 0.224 e. The van der Waals surface area contributed by atoms with Gasteiger partial charge in [-0.25, -0.2) is 4.98 Å². The molecule has 0 bridgehead atoms. The van der Waals surface area contributed by atoms with Gasteiger partial charge in [-0.2, -0.15) is 4.98 Å². The summed E-state index contributed by atoms with van der Waals surface area (Å²) in [5, 5.41) is 7.04. The number of hydrogen-bond donors (Lipinski definition) is 2. The predicted octanol–water partition coefficient (Wildman–Crippen LogP) is 3.80. The van der Waals surface area contributed by atoms with Crippen molar-refractivity contribution in [2.75, 3.05) is 23.7 Å². The van der Waals surface area contributed by atoms with Gasteiger partial charge in [-0.3, -0.25) is 0 Å². The van der Waals surface area contributed by atoms with Crippen LogP contribution in [0.3, 0.4) is 0 Å². The molecule has 1 aromatic heterocycles. The van der Waals surface area contributed by atoms with E-state index in [1.54, 1.807) is 6.20 Å². The Hall–Kier alpha value is -1.03. The number of hydrogen-bond acceptors (Lipinski definition) is 4. The SMILES string of the molecule is CCCNc1ncc(Cl)c(NCC(CC)CC)n1. The molecular weight excluding hydrogens is 248 g/mol. The molecule has 0 radical (unpaired) electrons. The summed E-state index contributed by atoms with van der Waals surface area (Å²) in [6.07, 6.45) is 5.00. The van der Waals surface area contributed by atoms with Crippen LogP contribution in [0.25, 0.3) is 0 Å². The second-order valence-corrected chi connectivity index (χ2v) is 4.79. The molecular formula is C13H23ClN4. The van der Waals surface area contributed by atoms with E-state index in [9.17, 15) is 0 Å². The third kappa shape index (κ3) is 4.69. The largest absolute Gasteiger partial charge is 0.368 e. The van der Waals surface area contributed by atoms with Crippen molar-refractivity contribution in [1.29, 1.82) is 0 Å². The van der Waals surface area contributed by atoms with Crippen LogP contribution in [0, 0.1) is 5.92 Å². The molecule has 102 valence electrons. The van der Waals surface area contributed by atoms with Crippen LogP contribution in [0.4, 0.5) is 11.8 Å². The van der Waals surface area contributed by atoms with Crippen LogP contribution in [0.5, 0.6) is 0 Å². The molecule has 0 saturated carbocycles. The van der Waals surface area contributed by atoms with Gasteiger partial charge in [0.25, 0.3) is 0 Å². The van der Waals surface area contributed by atoms with E-state index in [2.05, 4.69) is 41.4 Å². The van der Waals surface area contributed by atoms with Crippen LogP contribution in [0.2, 0.25) is 5.02 Å². The molecule has 18 heavy (non-hydrogen) atoms. The third-order valence-electron chi connectivity index (χ3n) is 2.99. The second kappa shape index (κ2) is 8.14. The molecule has 0 spiro atoms. The van der Waals surface area contributed by atoms with Crippen molar-refractivity contribution in [3.8, 4) is 0 Å².